The van der Waals surface area contributed by atoms with E-state index in [1.54, 1.807) is 0 Å². The predicted octanol–water partition coefficient (Wildman–Crippen LogP) is 5.51. The van der Waals surface area contributed by atoms with Gasteiger partial charge in [-0.1, -0.05) is 18.6 Å². The molecule has 2 aliphatic carbocycles. The number of benzene rings is 1. The van der Waals surface area contributed by atoms with E-state index in [1.807, 2.05) is 0 Å². The van der Waals surface area contributed by atoms with E-state index in [4.69, 9.17) is 19.6 Å². The van der Waals surface area contributed by atoms with Gasteiger partial charge in [0.1, 0.15) is 5.75 Å². The Morgan fingerprint density at radius 3 is 1.60 bits per heavy atom. The molecule has 5 aliphatic rings. The van der Waals surface area contributed by atoms with E-state index in [-0.39, 0.29) is 0 Å². The quantitative estimate of drug-likeness (QED) is 0.551. The molecule has 7 heteroatoms. The van der Waals surface area contributed by atoms with Crippen molar-refractivity contribution >= 4 is 0 Å². The third-order valence-electron chi connectivity index (χ3n) is 9.00. The number of phenolic OH excluding ortho intramolecular Hbond substituents is 1. The SMILES string of the molecule is Oc1c(CN2CCCC2)cc(C2CCC3(CC2)OOC2(CCCCC2)OO3)cc1CN1CCCC1. The van der Waals surface area contributed by atoms with E-state index in [9.17, 15) is 5.11 Å². The van der Waals surface area contributed by atoms with Gasteiger partial charge in [0, 0.05) is 49.9 Å². The molecule has 2 saturated carbocycles. The standard InChI is InChI=1S/C28H42N2O5/c31-26-24(20-29-14-4-5-15-29)18-23(19-25(26)21-30-16-6-7-17-30)22-8-12-28(13-9-22)34-32-27(33-35-28)10-2-1-3-11-27/h18-19,22,31H,1-17,20-21H2. The van der Waals surface area contributed by atoms with Crippen LogP contribution in [0.1, 0.15) is 106 Å². The minimum atomic E-state index is -0.785. The van der Waals surface area contributed by atoms with Crippen LogP contribution in [0.4, 0.5) is 0 Å². The third kappa shape index (κ3) is 5.27. The number of phenols is 1. The Morgan fingerprint density at radius 2 is 1.11 bits per heavy atom. The number of hydrogen-bond donors (Lipinski definition) is 1. The largest absolute Gasteiger partial charge is 0.507 e. The molecule has 35 heavy (non-hydrogen) atoms. The van der Waals surface area contributed by atoms with Crippen molar-refractivity contribution in [3.63, 3.8) is 0 Å². The molecule has 0 bridgehead atoms. The smallest absolute Gasteiger partial charge is 0.234 e. The van der Waals surface area contributed by atoms with Crippen LogP contribution in [0, 0.1) is 0 Å². The average molecular weight is 487 g/mol. The molecule has 0 amide bonds. The van der Waals surface area contributed by atoms with E-state index in [1.165, 1.54) is 37.7 Å². The molecule has 0 unspecified atom stereocenters. The molecule has 0 atom stereocenters. The zero-order chi connectivity index (χ0) is 23.7. The summed E-state index contributed by atoms with van der Waals surface area (Å²) in [5.74, 6) is -0.550. The molecular formula is C28H42N2O5. The second-order valence-corrected chi connectivity index (χ2v) is 11.6. The van der Waals surface area contributed by atoms with Gasteiger partial charge >= 0.3 is 0 Å². The maximum atomic E-state index is 11.2. The summed E-state index contributed by atoms with van der Waals surface area (Å²) in [7, 11) is 0. The third-order valence-corrected chi connectivity index (χ3v) is 9.00. The van der Waals surface area contributed by atoms with Gasteiger partial charge in [0.25, 0.3) is 0 Å². The summed E-state index contributed by atoms with van der Waals surface area (Å²) in [6.07, 6.45) is 13.5. The summed E-state index contributed by atoms with van der Waals surface area (Å²) in [5.41, 5.74) is 3.53. The summed E-state index contributed by atoms with van der Waals surface area (Å²) in [6.45, 7) is 6.22. The van der Waals surface area contributed by atoms with Crippen LogP contribution >= 0.6 is 0 Å². The highest BCUT2D eigenvalue weighted by Gasteiger charge is 2.50. The molecule has 1 aromatic rings. The molecule has 5 fully saturated rings. The lowest BCUT2D eigenvalue weighted by Gasteiger charge is -2.46. The minimum absolute atomic E-state index is 0.425. The molecule has 0 radical (unpaired) electrons. The van der Waals surface area contributed by atoms with Crippen LogP contribution in [0.5, 0.6) is 5.75 Å². The van der Waals surface area contributed by atoms with Crippen molar-refractivity contribution in [1.82, 2.24) is 9.80 Å². The zero-order valence-electron chi connectivity index (χ0n) is 21.1. The van der Waals surface area contributed by atoms with Gasteiger partial charge in [-0.3, -0.25) is 9.80 Å². The van der Waals surface area contributed by atoms with Crippen LogP contribution in [-0.2, 0) is 32.6 Å². The fourth-order valence-electron chi connectivity index (χ4n) is 6.77. The van der Waals surface area contributed by atoms with E-state index >= 15 is 0 Å². The van der Waals surface area contributed by atoms with Crippen LogP contribution in [0.25, 0.3) is 0 Å². The van der Waals surface area contributed by atoms with Gasteiger partial charge in [-0.15, -0.1) is 0 Å². The second-order valence-electron chi connectivity index (χ2n) is 11.6. The van der Waals surface area contributed by atoms with Crippen molar-refractivity contribution < 1.29 is 24.7 Å². The van der Waals surface area contributed by atoms with Gasteiger partial charge in [0.05, 0.1) is 0 Å². The van der Waals surface area contributed by atoms with Crippen LogP contribution < -0.4 is 0 Å². The van der Waals surface area contributed by atoms with Crippen molar-refractivity contribution in [1.29, 1.82) is 0 Å². The molecule has 7 nitrogen and oxygen atoms in total. The van der Waals surface area contributed by atoms with E-state index in [0.717, 1.165) is 102 Å². The molecule has 0 aromatic heterocycles. The number of aromatic hydroxyl groups is 1. The van der Waals surface area contributed by atoms with Gasteiger partial charge in [-0.25, -0.2) is 0 Å². The average Bonchev–Trinajstić information content (AvgIpc) is 3.60. The molecule has 3 aliphatic heterocycles. The summed E-state index contributed by atoms with van der Waals surface area (Å²) in [6, 6.07) is 4.55. The molecule has 2 spiro atoms. The fourth-order valence-corrected chi connectivity index (χ4v) is 6.77. The first-order chi connectivity index (χ1) is 17.1. The number of hydrogen-bond acceptors (Lipinski definition) is 7. The van der Waals surface area contributed by atoms with Gasteiger partial charge in [-0.05, 0) is 89.0 Å². The van der Waals surface area contributed by atoms with Gasteiger partial charge in [0.15, 0.2) is 0 Å². The Morgan fingerprint density at radius 1 is 0.657 bits per heavy atom. The fraction of sp³-hybridized carbons (Fsp3) is 0.786. The molecule has 194 valence electrons. The zero-order valence-corrected chi connectivity index (χ0v) is 21.1. The van der Waals surface area contributed by atoms with Gasteiger partial charge < -0.3 is 5.11 Å². The summed E-state index contributed by atoms with van der Waals surface area (Å²) >= 11 is 0. The Bertz CT molecular complexity index is 815. The summed E-state index contributed by atoms with van der Waals surface area (Å²) in [5, 5.41) is 11.2. The number of rotatable bonds is 5. The summed E-state index contributed by atoms with van der Waals surface area (Å²) in [4.78, 5) is 28.5. The first-order valence-corrected chi connectivity index (χ1v) is 14.2. The van der Waals surface area contributed by atoms with Gasteiger partial charge in [0.2, 0.25) is 11.6 Å². The van der Waals surface area contributed by atoms with E-state index < -0.39 is 11.6 Å². The molecule has 3 heterocycles. The molecule has 1 aromatic carbocycles. The van der Waals surface area contributed by atoms with Crippen molar-refractivity contribution in [3.05, 3.63) is 28.8 Å². The Hall–Kier alpha value is -1.22. The topological polar surface area (TPSA) is 63.6 Å². The van der Waals surface area contributed by atoms with Crippen molar-refractivity contribution in [2.24, 2.45) is 0 Å². The minimum Gasteiger partial charge on any atom is -0.507 e. The highest BCUT2D eigenvalue weighted by Crippen LogP contribution is 2.47. The van der Waals surface area contributed by atoms with Crippen molar-refractivity contribution in [2.45, 2.75) is 114 Å². The summed E-state index contributed by atoms with van der Waals surface area (Å²) < 4.78 is 0. The highest BCUT2D eigenvalue weighted by molar-refractivity contribution is 5.45. The Balaban J connectivity index is 1.15. The molecule has 6 rings (SSSR count). The number of nitrogens with zero attached hydrogens (tertiary/aromatic N) is 2. The van der Waals surface area contributed by atoms with Crippen molar-refractivity contribution in [2.75, 3.05) is 26.2 Å². The lowest BCUT2D eigenvalue weighted by Crippen LogP contribution is -2.52. The van der Waals surface area contributed by atoms with Gasteiger partial charge in [-0.2, -0.15) is 19.6 Å². The maximum absolute atomic E-state index is 11.2. The normalized spacial score (nSPS) is 27.8. The molecule has 3 saturated heterocycles. The van der Waals surface area contributed by atoms with Crippen LogP contribution in [0.2, 0.25) is 0 Å². The first kappa shape index (κ1) is 24.1. The molecule has 1 N–H and O–H groups in total. The van der Waals surface area contributed by atoms with Crippen molar-refractivity contribution in [3.8, 4) is 5.75 Å². The van der Waals surface area contributed by atoms with Crippen LogP contribution in [0.3, 0.4) is 0 Å². The van der Waals surface area contributed by atoms with E-state index in [2.05, 4.69) is 21.9 Å². The predicted molar refractivity (Wildman–Crippen MR) is 131 cm³/mol. The Kier molecular flexibility index (Phi) is 7.08. The lowest BCUT2D eigenvalue weighted by molar-refractivity contribution is -0.662. The number of likely N-dealkylation sites (tertiary alicyclic amines) is 2. The van der Waals surface area contributed by atoms with E-state index in [0.29, 0.717) is 11.7 Å². The Labute approximate surface area is 209 Å². The lowest BCUT2D eigenvalue weighted by atomic mass is 9.80. The van der Waals surface area contributed by atoms with Crippen LogP contribution in [-0.4, -0.2) is 52.7 Å². The highest BCUT2D eigenvalue weighted by atomic mass is 17.4. The second kappa shape index (κ2) is 10.3. The first-order valence-electron chi connectivity index (χ1n) is 14.2. The monoisotopic (exact) mass is 486 g/mol. The maximum Gasteiger partial charge on any atom is 0.234 e. The van der Waals surface area contributed by atoms with Crippen LogP contribution in [0.15, 0.2) is 12.1 Å². The molecular weight excluding hydrogens is 444 g/mol.